The molecule has 0 amide bonds. The molecule has 0 bridgehead atoms. The molecule has 3 rings (SSSR count). The third-order valence-corrected chi connectivity index (χ3v) is 3.57. The number of halogens is 2. The second kappa shape index (κ2) is 5.27. The number of aliphatic hydroxyl groups excluding tert-OH is 1. The summed E-state index contributed by atoms with van der Waals surface area (Å²) in [6.45, 7) is 0. The van der Waals surface area contributed by atoms with Crippen molar-refractivity contribution in [3.8, 4) is 0 Å². The number of furan rings is 1. The van der Waals surface area contributed by atoms with Gasteiger partial charge in [0, 0.05) is 17.4 Å². The standard InChI is InChI=1S/C16H12ClFO2/c17-13-7-10(5-6-14(13)18)8-15(19)12-9-20-16-4-2-1-3-11(12)16/h1-7,9,15,19H,8H2. The summed E-state index contributed by atoms with van der Waals surface area (Å²) in [5.74, 6) is -0.460. The molecule has 20 heavy (non-hydrogen) atoms. The molecule has 4 heteroatoms. The maximum absolute atomic E-state index is 13.1. The number of hydrogen-bond donors (Lipinski definition) is 1. The largest absolute Gasteiger partial charge is 0.464 e. The summed E-state index contributed by atoms with van der Waals surface area (Å²) in [5.41, 5.74) is 2.23. The molecule has 0 aliphatic carbocycles. The molecule has 1 atom stereocenters. The maximum atomic E-state index is 13.1. The highest BCUT2D eigenvalue weighted by atomic mass is 35.5. The lowest BCUT2D eigenvalue weighted by Gasteiger charge is -2.09. The molecule has 0 aliphatic rings. The molecule has 0 spiro atoms. The first-order chi connectivity index (χ1) is 9.65. The van der Waals surface area contributed by atoms with Crippen molar-refractivity contribution in [1.82, 2.24) is 0 Å². The van der Waals surface area contributed by atoms with Gasteiger partial charge in [0.25, 0.3) is 0 Å². The molecule has 2 nitrogen and oxygen atoms in total. The van der Waals surface area contributed by atoms with Crippen LogP contribution in [-0.4, -0.2) is 5.11 Å². The van der Waals surface area contributed by atoms with Gasteiger partial charge in [0.05, 0.1) is 17.4 Å². The molecule has 1 aromatic heterocycles. The van der Waals surface area contributed by atoms with E-state index in [9.17, 15) is 9.50 Å². The molecular formula is C16H12ClFO2. The highest BCUT2D eigenvalue weighted by Gasteiger charge is 2.15. The van der Waals surface area contributed by atoms with E-state index in [0.29, 0.717) is 6.42 Å². The van der Waals surface area contributed by atoms with Crippen LogP contribution in [0.25, 0.3) is 11.0 Å². The van der Waals surface area contributed by atoms with Crippen LogP contribution in [0.3, 0.4) is 0 Å². The summed E-state index contributed by atoms with van der Waals surface area (Å²) in [5, 5.41) is 11.3. The molecule has 0 radical (unpaired) electrons. The topological polar surface area (TPSA) is 33.4 Å². The van der Waals surface area contributed by atoms with E-state index in [1.807, 2.05) is 24.3 Å². The van der Waals surface area contributed by atoms with Gasteiger partial charge >= 0.3 is 0 Å². The van der Waals surface area contributed by atoms with E-state index in [1.54, 1.807) is 12.3 Å². The lowest BCUT2D eigenvalue weighted by Crippen LogP contribution is -2.01. The molecule has 1 unspecified atom stereocenters. The molecule has 0 aliphatic heterocycles. The zero-order chi connectivity index (χ0) is 14.1. The second-order valence-corrected chi connectivity index (χ2v) is 5.06. The van der Waals surface area contributed by atoms with E-state index in [0.717, 1.165) is 22.1 Å². The Labute approximate surface area is 120 Å². The number of para-hydroxylation sites is 1. The summed E-state index contributed by atoms with van der Waals surface area (Å²) < 4.78 is 18.5. The Morgan fingerprint density at radius 3 is 2.80 bits per heavy atom. The van der Waals surface area contributed by atoms with E-state index in [-0.39, 0.29) is 5.02 Å². The van der Waals surface area contributed by atoms with E-state index < -0.39 is 11.9 Å². The minimum absolute atomic E-state index is 0.0618. The van der Waals surface area contributed by atoms with Crippen LogP contribution in [0.2, 0.25) is 5.02 Å². The van der Waals surface area contributed by atoms with Gasteiger partial charge in [-0.2, -0.15) is 0 Å². The summed E-state index contributed by atoms with van der Waals surface area (Å²) in [4.78, 5) is 0. The lowest BCUT2D eigenvalue weighted by molar-refractivity contribution is 0.179. The number of benzene rings is 2. The maximum Gasteiger partial charge on any atom is 0.141 e. The highest BCUT2D eigenvalue weighted by Crippen LogP contribution is 2.29. The van der Waals surface area contributed by atoms with Crippen molar-refractivity contribution in [3.63, 3.8) is 0 Å². The van der Waals surface area contributed by atoms with Gasteiger partial charge in [-0.25, -0.2) is 4.39 Å². The van der Waals surface area contributed by atoms with Gasteiger partial charge in [0.1, 0.15) is 11.4 Å². The lowest BCUT2D eigenvalue weighted by atomic mass is 10.0. The van der Waals surface area contributed by atoms with Gasteiger partial charge in [-0.15, -0.1) is 0 Å². The van der Waals surface area contributed by atoms with Crippen LogP contribution >= 0.6 is 11.6 Å². The summed E-state index contributed by atoms with van der Waals surface area (Å²) >= 11 is 5.74. The smallest absolute Gasteiger partial charge is 0.141 e. The molecule has 102 valence electrons. The minimum Gasteiger partial charge on any atom is -0.464 e. The molecule has 3 aromatic rings. The van der Waals surface area contributed by atoms with Crippen LogP contribution in [-0.2, 0) is 6.42 Å². The van der Waals surface area contributed by atoms with Gasteiger partial charge < -0.3 is 9.52 Å². The highest BCUT2D eigenvalue weighted by molar-refractivity contribution is 6.30. The molecule has 0 saturated heterocycles. The van der Waals surface area contributed by atoms with Crippen LogP contribution < -0.4 is 0 Å². The number of hydrogen-bond acceptors (Lipinski definition) is 2. The van der Waals surface area contributed by atoms with Gasteiger partial charge in [-0.1, -0.05) is 35.9 Å². The van der Waals surface area contributed by atoms with Gasteiger partial charge in [-0.05, 0) is 23.8 Å². The van der Waals surface area contributed by atoms with Crippen LogP contribution in [0.1, 0.15) is 17.2 Å². The summed E-state index contributed by atoms with van der Waals surface area (Å²) in [6, 6.07) is 12.0. The van der Waals surface area contributed by atoms with Gasteiger partial charge in [0.15, 0.2) is 0 Å². The van der Waals surface area contributed by atoms with Crippen LogP contribution in [0, 0.1) is 5.82 Å². The average molecular weight is 291 g/mol. The fourth-order valence-electron chi connectivity index (χ4n) is 2.26. The average Bonchev–Trinajstić information content (AvgIpc) is 2.87. The Morgan fingerprint density at radius 2 is 2.00 bits per heavy atom. The fourth-order valence-corrected chi connectivity index (χ4v) is 2.46. The predicted octanol–water partition coefficient (Wildman–Crippen LogP) is 4.50. The van der Waals surface area contributed by atoms with E-state index >= 15 is 0 Å². The Hall–Kier alpha value is -1.84. The van der Waals surface area contributed by atoms with Crippen molar-refractivity contribution < 1.29 is 13.9 Å². The molecule has 0 fully saturated rings. The van der Waals surface area contributed by atoms with Crippen molar-refractivity contribution in [1.29, 1.82) is 0 Å². The molecule has 2 aromatic carbocycles. The van der Waals surface area contributed by atoms with Crippen LogP contribution in [0.15, 0.2) is 53.1 Å². The molecular weight excluding hydrogens is 279 g/mol. The van der Waals surface area contributed by atoms with Crippen molar-refractivity contribution in [2.75, 3.05) is 0 Å². The third-order valence-electron chi connectivity index (χ3n) is 3.28. The zero-order valence-electron chi connectivity index (χ0n) is 10.5. The molecule has 1 heterocycles. The van der Waals surface area contributed by atoms with Crippen LogP contribution in [0.5, 0.6) is 0 Å². The first kappa shape index (κ1) is 13.2. The second-order valence-electron chi connectivity index (χ2n) is 4.66. The van der Waals surface area contributed by atoms with Gasteiger partial charge in [-0.3, -0.25) is 0 Å². The zero-order valence-corrected chi connectivity index (χ0v) is 11.3. The first-order valence-electron chi connectivity index (χ1n) is 6.23. The molecule has 1 N–H and O–H groups in total. The van der Waals surface area contributed by atoms with Gasteiger partial charge in [0.2, 0.25) is 0 Å². The minimum atomic E-state index is -0.722. The van der Waals surface area contributed by atoms with Crippen molar-refractivity contribution in [2.24, 2.45) is 0 Å². The SMILES string of the molecule is OC(Cc1ccc(F)c(Cl)c1)c1coc2ccccc12. The number of aliphatic hydroxyl groups is 1. The normalized spacial score (nSPS) is 12.8. The van der Waals surface area contributed by atoms with Crippen molar-refractivity contribution in [3.05, 3.63) is 70.7 Å². The number of rotatable bonds is 3. The quantitative estimate of drug-likeness (QED) is 0.770. The monoisotopic (exact) mass is 290 g/mol. The van der Waals surface area contributed by atoms with Crippen molar-refractivity contribution in [2.45, 2.75) is 12.5 Å². The first-order valence-corrected chi connectivity index (χ1v) is 6.61. The van der Waals surface area contributed by atoms with Crippen molar-refractivity contribution >= 4 is 22.6 Å². The Balaban J connectivity index is 1.89. The fraction of sp³-hybridized carbons (Fsp3) is 0.125. The predicted molar refractivity (Wildman–Crippen MR) is 76.3 cm³/mol. The summed E-state index contributed by atoms with van der Waals surface area (Å²) in [6.07, 6.45) is 1.18. The van der Waals surface area contributed by atoms with E-state index in [1.165, 1.54) is 12.1 Å². The summed E-state index contributed by atoms with van der Waals surface area (Å²) in [7, 11) is 0. The third kappa shape index (κ3) is 2.42. The molecule has 0 saturated carbocycles. The Bertz CT molecular complexity index is 751. The van der Waals surface area contributed by atoms with E-state index in [4.69, 9.17) is 16.0 Å². The number of fused-ring (bicyclic) bond motifs is 1. The Kier molecular flexibility index (Phi) is 3.47. The Morgan fingerprint density at radius 1 is 1.20 bits per heavy atom. The van der Waals surface area contributed by atoms with E-state index in [2.05, 4.69) is 0 Å². The van der Waals surface area contributed by atoms with Crippen LogP contribution in [0.4, 0.5) is 4.39 Å².